The summed E-state index contributed by atoms with van der Waals surface area (Å²) in [6.45, 7) is 3.65. The zero-order chi connectivity index (χ0) is 28.6. The second kappa shape index (κ2) is 13.3. The number of methoxy groups -OCH3 is 1. The number of nitrogens with one attached hydrogen (secondary N) is 3. The van der Waals surface area contributed by atoms with Gasteiger partial charge in [0.25, 0.3) is 0 Å². The van der Waals surface area contributed by atoms with Gasteiger partial charge in [0.05, 0.1) is 31.5 Å². The van der Waals surface area contributed by atoms with Crippen molar-refractivity contribution in [1.82, 2.24) is 16.1 Å². The molecule has 0 spiro atoms. The number of furan rings is 1. The van der Waals surface area contributed by atoms with Crippen molar-refractivity contribution in [3.63, 3.8) is 0 Å². The lowest BCUT2D eigenvalue weighted by molar-refractivity contribution is -0.136. The van der Waals surface area contributed by atoms with Gasteiger partial charge in [-0.15, -0.1) is 0 Å². The van der Waals surface area contributed by atoms with Gasteiger partial charge in [-0.05, 0) is 78.4 Å². The van der Waals surface area contributed by atoms with Gasteiger partial charge in [-0.3, -0.25) is 5.43 Å². The number of hydrogen-bond acceptors (Lipinski definition) is 9. The number of urea groups is 1. The monoisotopic (exact) mass is 660 g/mol. The lowest BCUT2D eigenvalue weighted by Gasteiger charge is -2.28. The van der Waals surface area contributed by atoms with Crippen LogP contribution in [0.5, 0.6) is 11.5 Å². The maximum absolute atomic E-state index is 12.4. The van der Waals surface area contributed by atoms with Gasteiger partial charge in [0.15, 0.2) is 17.7 Å². The van der Waals surface area contributed by atoms with Crippen molar-refractivity contribution in [2.75, 3.05) is 20.3 Å². The maximum Gasteiger partial charge on any atom is 0.337 e. The number of ether oxygens (including phenoxy) is 3. The van der Waals surface area contributed by atoms with Gasteiger partial charge in [0, 0.05) is 14.8 Å². The fraction of sp³-hybridized carbons (Fsp3) is 0.250. The molecule has 0 bridgehead atoms. The summed E-state index contributed by atoms with van der Waals surface area (Å²) >= 11 is 2.24. The molecule has 0 unspecified atom stereocenters. The summed E-state index contributed by atoms with van der Waals surface area (Å²) in [6, 6.07) is 15.4. The molecule has 2 amide bonds. The quantitative estimate of drug-likeness (QED) is 0.0793. The molecule has 0 aliphatic carbocycles. The van der Waals surface area contributed by atoms with Crippen LogP contribution in [0.15, 0.2) is 75.4 Å². The number of allylic oxidation sites excluding steroid dienone is 1. The number of carbonyl (C=O) groups excluding carboxylic acids is 2. The summed E-state index contributed by atoms with van der Waals surface area (Å²) in [5, 5.41) is 19.7. The highest BCUT2D eigenvalue weighted by atomic mass is 127. The number of benzene rings is 2. The number of nitrogens with zero attached hydrogens (tertiary/aromatic N) is 1. The largest absolute Gasteiger partial charge is 0.490 e. The van der Waals surface area contributed by atoms with E-state index in [0.29, 0.717) is 40.9 Å². The summed E-state index contributed by atoms with van der Waals surface area (Å²) in [5.41, 5.74) is 4.81. The highest BCUT2D eigenvalue weighted by Crippen LogP contribution is 2.35. The first-order valence-electron chi connectivity index (χ1n) is 12.4. The molecule has 2 heterocycles. The minimum absolute atomic E-state index is 0.140. The lowest BCUT2D eigenvalue weighted by atomic mass is 9.95. The number of esters is 1. The van der Waals surface area contributed by atoms with Crippen LogP contribution < -0.4 is 25.5 Å². The molecule has 1 aliphatic rings. The Kier molecular flexibility index (Phi) is 9.66. The Bertz CT molecular complexity index is 1420. The SMILES string of the molecule is CCOc1cc([C@H]2NC(=O)NC(C)=C2C(=O)OC)ccc1OC[C@H](O)N/N=C\c1ccc(-c2ccc(I)cc2)o1. The van der Waals surface area contributed by atoms with Crippen molar-refractivity contribution in [3.8, 4) is 22.8 Å². The Balaban J connectivity index is 1.39. The van der Waals surface area contributed by atoms with Gasteiger partial charge in [-0.25, -0.2) is 9.59 Å². The Morgan fingerprint density at radius 2 is 1.95 bits per heavy atom. The highest BCUT2D eigenvalue weighted by molar-refractivity contribution is 14.1. The van der Waals surface area contributed by atoms with Gasteiger partial charge >= 0.3 is 12.0 Å². The molecule has 40 heavy (non-hydrogen) atoms. The maximum atomic E-state index is 12.4. The van der Waals surface area contributed by atoms with E-state index in [9.17, 15) is 14.7 Å². The molecular formula is C28H29IN4O7. The number of rotatable bonds is 11. The Morgan fingerprint density at radius 1 is 1.18 bits per heavy atom. The molecule has 0 fully saturated rings. The number of aliphatic hydroxyl groups excluding tert-OH is 1. The average molecular weight is 660 g/mol. The smallest absolute Gasteiger partial charge is 0.337 e. The summed E-state index contributed by atoms with van der Waals surface area (Å²) in [6.07, 6.45) is 0.331. The summed E-state index contributed by atoms with van der Waals surface area (Å²) in [7, 11) is 1.28. The molecule has 12 heteroatoms. The molecule has 1 aliphatic heterocycles. The van der Waals surface area contributed by atoms with Gasteiger partial charge in [0.1, 0.15) is 18.1 Å². The van der Waals surface area contributed by atoms with E-state index in [4.69, 9.17) is 18.6 Å². The van der Waals surface area contributed by atoms with Crippen LogP contribution in [0.3, 0.4) is 0 Å². The number of hydrazone groups is 1. The van der Waals surface area contributed by atoms with Crippen LogP contribution in [-0.4, -0.2) is 49.9 Å². The predicted molar refractivity (Wildman–Crippen MR) is 156 cm³/mol. The first-order chi connectivity index (χ1) is 19.3. The summed E-state index contributed by atoms with van der Waals surface area (Å²) < 4.78 is 23.3. The van der Waals surface area contributed by atoms with E-state index in [1.54, 1.807) is 31.2 Å². The zero-order valence-electron chi connectivity index (χ0n) is 22.1. The molecule has 4 rings (SSSR count). The van der Waals surface area contributed by atoms with Crippen molar-refractivity contribution in [1.29, 1.82) is 0 Å². The number of aliphatic hydroxyl groups is 1. The first kappa shape index (κ1) is 29.0. The van der Waals surface area contributed by atoms with Crippen LogP contribution in [0.2, 0.25) is 0 Å². The minimum Gasteiger partial charge on any atom is -0.490 e. The normalized spacial score (nSPS) is 15.8. The van der Waals surface area contributed by atoms with E-state index in [-0.39, 0.29) is 12.2 Å². The van der Waals surface area contributed by atoms with E-state index >= 15 is 0 Å². The molecule has 2 atom stereocenters. The third kappa shape index (κ3) is 7.12. The average Bonchev–Trinajstić information content (AvgIpc) is 3.41. The first-order valence-corrected chi connectivity index (χ1v) is 13.5. The van der Waals surface area contributed by atoms with Crippen molar-refractivity contribution in [2.24, 2.45) is 5.10 Å². The molecule has 1 aromatic heterocycles. The van der Waals surface area contributed by atoms with Crippen LogP contribution >= 0.6 is 22.6 Å². The molecular weight excluding hydrogens is 631 g/mol. The Morgan fingerprint density at radius 3 is 2.67 bits per heavy atom. The number of amides is 2. The van der Waals surface area contributed by atoms with Gasteiger partial charge in [-0.2, -0.15) is 5.10 Å². The van der Waals surface area contributed by atoms with Crippen molar-refractivity contribution in [3.05, 3.63) is 80.8 Å². The molecule has 0 radical (unpaired) electrons. The van der Waals surface area contributed by atoms with Gasteiger partial charge in [0.2, 0.25) is 0 Å². The molecule has 2 aromatic carbocycles. The number of hydrogen-bond donors (Lipinski definition) is 4. The molecule has 210 valence electrons. The highest BCUT2D eigenvalue weighted by Gasteiger charge is 2.32. The summed E-state index contributed by atoms with van der Waals surface area (Å²) in [5.74, 6) is 1.41. The van der Waals surface area contributed by atoms with Crippen LogP contribution in [0.1, 0.15) is 31.2 Å². The molecule has 0 saturated carbocycles. The van der Waals surface area contributed by atoms with E-state index in [1.165, 1.54) is 13.3 Å². The fourth-order valence-electron chi connectivity index (χ4n) is 4.00. The molecule has 3 aromatic rings. The second-order valence-electron chi connectivity index (χ2n) is 8.62. The van der Waals surface area contributed by atoms with Crippen LogP contribution in [0.4, 0.5) is 4.79 Å². The zero-order valence-corrected chi connectivity index (χ0v) is 24.2. The van der Waals surface area contributed by atoms with Gasteiger partial charge in [-0.1, -0.05) is 18.2 Å². The number of halogens is 1. The lowest BCUT2D eigenvalue weighted by Crippen LogP contribution is -2.45. The Labute approximate surface area is 244 Å². The molecule has 4 N–H and O–H groups in total. The topological polar surface area (TPSA) is 144 Å². The minimum atomic E-state index is -1.13. The summed E-state index contributed by atoms with van der Waals surface area (Å²) in [4.78, 5) is 24.5. The second-order valence-corrected chi connectivity index (χ2v) is 9.87. The standard InChI is InChI=1S/C28H29IN4O7/c1-4-38-23-13-18(26-25(27(35)37-3)16(2)31-28(36)32-26)7-11-22(23)39-15-24(34)33-30-14-20-10-12-21(40-20)17-5-8-19(29)9-6-17/h5-14,24,26,33-34H,4,15H2,1-3H3,(H2,31,32,36)/b30-14-/t24-,26+/m0/s1. The van der Waals surface area contributed by atoms with E-state index in [2.05, 4.69) is 43.8 Å². The van der Waals surface area contributed by atoms with E-state index in [1.807, 2.05) is 37.3 Å². The predicted octanol–water partition coefficient (Wildman–Crippen LogP) is 4.07. The molecule has 11 nitrogen and oxygen atoms in total. The van der Waals surface area contributed by atoms with Crippen molar-refractivity contribution < 1.29 is 33.3 Å². The Hall–Kier alpha value is -4.04. The third-order valence-corrected chi connectivity index (χ3v) is 6.56. The number of carbonyl (C=O) groups is 2. The fourth-order valence-corrected chi connectivity index (χ4v) is 4.36. The molecule has 0 saturated heterocycles. The van der Waals surface area contributed by atoms with Crippen LogP contribution in [0.25, 0.3) is 11.3 Å². The van der Waals surface area contributed by atoms with E-state index in [0.717, 1.165) is 9.13 Å². The van der Waals surface area contributed by atoms with Crippen LogP contribution in [-0.2, 0) is 9.53 Å². The van der Waals surface area contributed by atoms with Crippen LogP contribution in [0, 0.1) is 3.57 Å². The van der Waals surface area contributed by atoms with E-state index < -0.39 is 24.3 Å². The van der Waals surface area contributed by atoms with Crippen molar-refractivity contribution >= 4 is 40.8 Å². The van der Waals surface area contributed by atoms with Crippen molar-refractivity contribution in [2.45, 2.75) is 26.1 Å². The van der Waals surface area contributed by atoms with Gasteiger partial charge < -0.3 is 34.4 Å². The third-order valence-electron chi connectivity index (χ3n) is 5.84.